The van der Waals surface area contributed by atoms with E-state index in [4.69, 9.17) is 0 Å². The van der Waals surface area contributed by atoms with Crippen molar-refractivity contribution in [3.8, 4) is 0 Å². The number of hydrogen-bond donors (Lipinski definition) is 2. The normalized spacial score (nSPS) is 15.2. The molecule has 4 heteroatoms. The van der Waals surface area contributed by atoms with Gasteiger partial charge in [-0.3, -0.25) is 0 Å². The molecule has 0 spiro atoms. The summed E-state index contributed by atoms with van der Waals surface area (Å²) in [4.78, 5) is 13.1. The summed E-state index contributed by atoms with van der Waals surface area (Å²) in [6.07, 6.45) is 5.84. The van der Waals surface area contributed by atoms with Crippen molar-refractivity contribution in [3.63, 3.8) is 0 Å². The fraction of sp³-hybridized carbons (Fsp3) is 0.350. The van der Waals surface area contributed by atoms with Crippen LogP contribution >= 0.6 is 11.3 Å². The standard InChI is InChI=1S/C20H23NO2S/c1-13(15-9-5-3-6-10-15)21-19-18(20(22)23)17(14(2)24-19)16-11-7-4-8-12-16/h3,5-6,9-10,16,21H,1,4,7-8,11-12H2,2H3,(H,22,23). The number of anilines is 1. The topological polar surface area (TPSA) is 49.3 Å². The molecule has 24 heavy (non-hydrogen) atoms. The number of carboxylic acids is 1. The first-order valence-electron chi connectivity index (χ1n) is 8.46. The third-order valence-electron chi connectivity index (χ3n) is 4.74. The monoisotopic (exact) mass is 341 g/mol. The Hall–Kier alpha value is -2.07. The van der Waals surface area contributed by atoms with Gasteiger partial charge in [0.25, 0.3) is 0 Å². The van der Waals surface area contributed by atoms with Crippen LogP contribution in [0.15, 0.2) is 36.9 Å². The minimum absolute atomic E-state index is 0.377. The quantitative estimate of drug-likeness (QED) is 0.713. The predicted octanol–water partition coefficient (Wildman–Crippen LogP) is 5.89. The molecule has 2 aromatic rings. The van der Waals surface area contributed by atoms with E-state index in [0.717, 1.165) is 34.5 Å². The number of carboxylic acid groups (broad SMARTS) is 1. The van der Waals surface area contributed by atoms with Gasteiger partial charge in [-0.15, -0.1) is 11.3 Å². The Balaban J connectivity index is 1.93. The molecule has 3 nitrogen and oxygen atoms in total. The first-order chi connectivity index (χ1) is 11.6. The molecule has 126 valence electrons. The number of nitrogens with one attached hydrogen (secondary N) is 1. The van der Waals surface area contributed by atoms with Gasteiger partial charge in [0.05, 0.1) is 5.56 Å². The Morgan fingerprint density at radius 1 is 1.21 bits per heavy atom. The second kappa shape index (κ2) is 7.22. The molecule has 0 aliphatic heterocycles. The van der Waals surface area contributed by atoms with E-state index in [1.165, 1.54) is 30.6 Å². The van der Waals surface area contributed by atoms with E-state index in [0.29, 0.717) is 16.5 Å². The van der Waals surface area contributed by atoms with Gasteiger partial charge in [-0.1, -0.05) is 56.2 Å². The summed E-state index contributed by atoms with van der Waals surface area (Å²) in [5.41, 5.74) is 3.19. The molecule has 1 aliphatic rings. The van der Waals surface area contributed by atoms with Gasteiger partial charge in [-0.2, -0.15) is 0 Å². The zero-order chi connectivity index (χ0) is 17.1. The molecule has 1 saturated carbocycles. The number of carbonyl (C=O) groups is 1. The van der Waals surface area contributed by atoms with E-state index in [1.54, 1.807) is 0 Å². The Kier molecular flexibility index (Phi) is 5.05. The number of aromatic carboxylic acids is 1. The van der Waals surface area contributed by atoms with Crippen molar-refractivity contribution in [3.05, 3.63) is 58.5 Å². The maximum atomic E-state index is 12.0. The summed E-state index contributed by atoms with van der Waals surface area (Å²) in [6.45, 7) is 6.11. The van der Waals surface area contributed by atoms with E-state index < -0.39 is 5.97 Å². The number of hydrogen-bond acceptors (Lipinski definition) is 3. The molecular formula is C20H23NO2S. The van der Waals surface area contributed by atoms with Crippen molar-refractivity contribution in [2.75, 3.05) is 5.32 Å². The lowest BCUT2D eigenvalue weighted by atomic mass is 9.82. The van der Waals surface area contributed by atoms with E-state index in [-0.39, 0.29) is 0 Å². The van der Waals surface area contributed by atoms with Gasteiger partial charge in [-0.25, -0.2) is 4.79 Å². The molecule has 2 N–H and O–H groups in total. The molecule has 3 rings (SSSR count). The summed E-state index contributed by atoms with van der Waals surface area (Å²) in [5, 5.41) is 13.8. The van der Waals surface area contributed by atoms with Crippen LogP contribution in [0, 0.1) is 6.92 Å². The molecular weight excluding hydrogens is 318 g/mol. The van der Waals surface area contributed by atoms with Crippen molar-refractivity contribution < 1.29 is 9.90 Å². The molecule has 1 aromatic carbocycles. The number of benzene rings is 1. The highest BCUT2D eigenvalue weighted by Crippen LogP contribution is 2.43. The number of aryl methyl sites for hydroxylation is 1. The van der Waals surface area contributed by atoms with Crippen LogP contribution in [0.5, 0.6) is 0 Å². The van der Waals surface area contributed by atoms with Crippen LogP contribution in [-0.2, 0) is 0 Å². The van der Waals surface area contributed by atoms with E-state index in [1.807, 2.05) is 37.3 Å². The van der Waals surface area contributed by atoms with Crippen molar-refractivity contribution in [1.29, 1.82) is 0 Å². The van der Waals surface area contributed by atoms with Crippen molar-refractivity contribution in [2.45, 2.75) is 44.9 Å². The molecule has 1 heterocycles. The Morgan fingerprint density at radius 2 is 1.88 bits per heavy atom. The molecule has 0 atom stereocenters. The van der Waals surface area contributed by atoms with Crippen LogP contribution in [0.3, 0.4) is 0 Å². The Morgan fingerprint density at radius 3 is 2.50 bits per heavy atom. The highest BCUT2D eigenvalue weighted by molar-refractivity contribution is 7.16. The Bertz CT molecular complexity index is 742. The summed E-state index contributed by atoms with van der Waals surface area (Å²) < 4.78 is 0. The summed E-state index contributed by atoms with van der Waals surface area (Å²) in [6, 6.07) is 9.80. The Labute approximate surface area is 147 Å². The van der Waals surface area contributed by atoms with Crippen LogP contribution in [0.4, 0.5) is 5.00 Å². The molecule has 0 unspecified atom stereocenters. The van der Waals surface area contributed by atoms with Crippen LogP contribution in [0.1, 0.15) is 64.4 Å². The molecule has 0 amide bonds. The zero-order valence-electron chi connectivity index (χ0n) is 14.0. The van der Waals surface area contributed by atoms with Crippen molar-refractivity contribution >= 4 is 28.0 Å². The average Bonchev–Trinajstić information content (AvgIpc) is 2.92. The zero-order valence-corrected chi connectivity index (χ0v) is 14.8. The first kappa shape index (κ1) is 16.8. The lowest BCUT2D eigenvalue weighted by Gasteiger charge is -2.22. The van der Waals surface area contributed by atoms with Gasteiger partial charge in [-0.05, 0) is 36.8 Å². The number of rotatable bonds is 5. The highest BCUT2D eigenvalue weighted by Gasteiger charge is 2.28. The summed E-state index contributed by atoms with van der Waals surface area (Å²) in [7, 11) is 0. The molecule has 0 bridgehead atoms. The summed E-state index contributed by atoms with van der Waals surface area (Å²) >= 11 is 1.53. The fourth-order valence-electron chi connectivity index (χ4n) is 3.59. The lowest BCUT2D eigenvalue weighted by Crippen LogP contribution is -2.11. The van der Waals surface area contributed by atoms with Gasteiger partial charge in [0.15, 0.2) is 0 Å². The van der Waals surface area contributed by atoms with Crippen LogP contribution in [-0.4, -0.2) is 11.1 Å². The lowest BCUT2D eigenvalue weighted by molar-refractivity contribution is 0.0696. The van der Waals surface area contributed by atoms with E-state index in [9.17, 15) is 9.90 Å². The van der Waals surface area contributed by atoms with Gasteiger partial charge in [0.2, 0.25) is 0 Å². The molecule has 1 aromatic heterocycles. The largest absolute Gasteiger partial charge is 0.478 e. The third-order valence-corrected chi connectivity index (χ3v) is 5.78. The van der Waals surface area contributed by atoms with E-state index in [2.05, 4.69) is 11.9 Å². The van der Waals surface area contributed by atoms with Crippen LogP contribution in [0.25, 0.3) is 5.70 Å². The van der Waals surface area contributed by atoms with Gasteiger partial charge >= 0.3 is 5.97 Å². The van der Waals surface area contributed by atoms with Gasteiger partial charge < -0.3 is 10.4 Å². The smallest absolute Gasteiger partial charge is 0.339 e. The molecule has 0 radical (unpaired) electrons. The minimum atomic E-state index is -0.844. The predicted molar refractivity (Wildman–Crippen MR) is 101 cm³/mol. The third kappa shape index (κ3) is 3.39. The highest BCUT2D eigenvalue weighted by atomic mass is 32.1. The number of thiophene rings is 1. The molecule has 1 aliphatic carbocycles. The van der Waals surface area contributed by atoms with Crippen molar-refractivity contribution in [1.82, 2.24) is 0 Å². The van der Waals surface area contributed by atoms with Crippen LogP contribution < -0.4 is 5.32 Å². The van der Waals surface area contributed by atoms with Gasteiger partial charge in [0.1, 0.15) is 5.00 Å². The molecule has 0 saturated heterocycles. The second-order valence-corrected chi connectivity index (χ2v) is 7.61. The maximum Gasteiger partial charge on any atom is 0.339 e. The summed E-state index contributed by atoms with van der Waals surface area (Å²) in [5.74, 6) is -0.468. The SMILES string of the molecule is C=C(Nc1sc(C)c(C2CCCCC2)c1C(=O)O)c1ccccc1. The van der Waals surface area contributed by atoms with Crippen LogP contribution in [0.2, 0.25) is 0 Å². The molecule has 1 fully saturated rings. The fourth-order valence-corrected chi connectivity index (χ4v) is 4.75. The first-order valence-corrected chi connectivity index (χ1v) is 9.27. The minimum Gasteiger partial charge on any atom is -0.478 e. The second-order valence-electron chi connectivity index (χ2n) is 6.39. The maximum absolute atomic E-state index is 12.0. The van der Waals surface area contributed by atoms with E-state index >= 15 is 0 Å². The van der Waals surface area contributed by atoms with Crippen molar-refractivity contribution in [2.24, 2.45) is 0 Å². The average molecular weight is 341 g/mol. The van der Waals surface area contributed by atoms with Gasteiger partial charge in [0, 0.05) is 10.6 Å².